The first kappa shape index (κ1) is 21.6. The second-order valence-electron chi connectivity index (χ2n) is 7.26. The minimum absolute atomic E-state index is 0.255. The molecule has 4 aromatic rings. The van der Waals surface area contributed by atoms with Gasteiger partial charge in [0.25, 0.3) is 5.91 Å². The topological polar surface area (TPSA) is 91.2 Å². The maximum atomic E-state index is 12.3. The second kappa shape index (κ2) is 10.2. The molecule has 0 saturated heterocycles. The van der Waals surface area contributed by atoms with Crippen molar-refractivity contribution in [2.75, 3.05) is 0 Å². The van der Waals surface area contributed by atoms with E-state index in [1.165, 1.54) is 12.3 Å². The number of phenolic OH excluding ortho intramolecular Hbond substituents is 2. The van der Waals surface area contributed by atoms with Gasteiger partial charge in [-0.15, -0.1) is 0 Å². The van der Waals surface area contributed by atoms with Crippen LogP contribution in [0.2, 0.25) is 0 Å². The summed E-state index contributed by atoms with van der Waals surface area (Å²) in [6, 6.07) is 29.4. The van der Waals surface area contributed by atoms with Gasteiger partial charge in [0.05, 0.1) is 6.21 Å². The van der Waals surface area contributed by atoms with Gasteiger partial charge in [-0.3, -0.25) is 4.79 Å². The van der Waals surface area contributed by atoms with E-state index >= 15 is 0 Å². The molecule has 0 fully saturated rings. The van der Waals surface area contributed by atoms with Gasteiger partial charge in [0, 0.05) is 16.7 Å². The maximum Gasteiger partial charge on any atom is 0.271 e. The molecule has 0 radical (unpaired) electrons. The van der Waals surface area contributed by atoms with Crippen LogP contribution in [0.4, 0.5) is 0 Å². The fourth-order valence-electron chi connectivity index (χ4n) is 3.24. The second-order valence-corrected chi connectivity index (χ2v) is 7.26. The van der Waals surface area contributed by atoms with Gasteiger partial charge in [0.15, 0.2) is 11.5 Å². The molecule has 4 aromatic carbocycles. The molecule has 0 spiro atoms. The summed E-state index contributed by atoms with van der Waals surface area (Å²) in [5.41, 5.74) is 6.15. The van der Waals surface area contributed by atoms with Crippen molar-refractivity contribution in [1.82, 2.24) is 5.43 Å². The normalized spacial score (nSPS) is 10.8. The summed E-state index contributed by atoms with van der Waals surface area (Å²) in [6.07, 6.45) is 1.26. The molecule has 0 unspecified atom stereocenters. The fourth-order valence-corrected chi connectivity index (χ4v) is 3.24. The number of carbonyl (C=O) groups excluding carboxylic acids is 1. The highest BCUT2D eigenvalue weighted by Gasteiger charge is 2.08. The fraction of sp³-hybridized carbons (Fsp3) is 0.0370. The monoisotopic (exact) mass is 438 g/mol. The number of phenols is 2. The molecule has 1 amide bonds. The zero-order valence-electron chi connectivity index (χ0n) is 17.7. The van der Waals surface area contributed by atoms with E-state index in [-0.39, 0.29) is 11.5 Å². The van der Waals surface area contributed by atoms with Crippen molar-refractivity contribution in [3.63, 3.8) is 0 Å². The molecule has 0 bridgehead atoms. The Labute approximate surface area is 191 Å². The average molecular weight is 438 g/mol. The van der Waals surface area contributed by atoms with E-state index in [0.717, 1.165) is 22.4 Å². The van der Waals surface area contributed by atoms with Crippen molar-refractivity contribution in [2.45, 2.75) is 6.61 Å². The van der Waals surface area contributed by atoms with Crippen molar-refractivity contribution in [3.05, 3.63) is 114 Å². The lowest BCUT2D eigenvalue weighted by Gasteiger charge is -2.12. The molecule has 164 valence electrons. The van der Waals surface area contributed by atoms with Gasteiger partial charge in [-0.05, 0) is 41.5 Å². The molecule has 0 aliphatic rings. The standard InChI is InChI=1S/C27H22N2O4/c30-24-11-6-9-22(26(24)31)17-28-29-27(32)21-15-13-19(14-16-21)18-33-25-12-5-4-10-23(25)20-7-2-1-3-8-20/h1-17,30-31H,18H2,(H,29,32). The summed E-state index contributed by atoms with van der Waals surface area (Å²) in [4.78, 5) is 12.3. The van der Waals surface area contributed by atoms with Crippen LogP contribution in [0.1, 0.15) is 21.5 Å². The van der Waals surface area contributed by atoms with Crippen molar-refractivity contribution in [2.24, 2.45) is 5.10 Å². The Morgan fingerprint density at radius 2 is 1.58 bits per heavy atom. The minimum Gasteiger partial charge on any atom is -0.504 e. The average Bonchev–Trinajstić information content (AvgIpc) is 2.86. The van der Waals surface area contributed by atoms with E-state index in [1.54, 1.807) is 24.3 Å². The van der Waals surface area contributed by atoms with Crippen molar-refractivity contribution < 1.29 is 19.7 Å². The van der Waals surface area contributed by atoms with E-state index in [9.17, 15) is 15.0 Å². The number of hydrogen-bond donors (Lipinski definition) is 3. The Balaban J connectivity index is 1.37. The van der Waals surface area contributed by atoms with Gasteiger partial charge in [-0.2, -0.15) is 5.10 Å². The molecule has 0 heterocycles. The van der Waals surface area contributed by atoms with Crippen LogP contribution in [0, 0.1) is 0 Å². The van der Waals surface area contributed by atoms with Crippen LogP contribution < -0.4 is 10.2 Å². The van der Waals surface area contributed by atoms with Gasteiger partial charge in [0.1, 0.15) is 12.4 Å². The third kappa shape index (κ3) is 5.37. The van der Waals surface area contributed by atoms with Gasteiger partial charge in [0.2, 0.25) is 0 Å². The van der Waals surface area contributed by atoms with Gasteiger partial charge < -0.3 is 14.9 Å². The Bertz CT molecular complexity index is 1270. The lowest BCUT2D eigenvalue weighted by atomic mass is 10.0. The van der Waals surface area contributed by atoms with Crippen molar-refractivity contribution in [3.8, 4) is 28.4 Å². The summed E-state index contributed by atoms with van der Waals surface area (Å²) in [7, 11) is 0. The molecule has 0 aliphatic carbocycles. The summed E-state index contributed by atoms with van der Waals surface area (Å²) in [5, 5.41) is 23.1. The molecule has 4 rings (SSSR count). The molecule has 0 saturated carbocycles. The van der Waals surface area contributed by atoms with E-state index < -0.39 is 5.91 Å². The van der Waals surface area contributed by atoms with Crippen LogP contribution in [-0.4, -0.2) is 22.3 Å². The number of ether oxygens (including phenoxy) is 1. The molecular weight excluding hydrogens is 416 g/mol. The number of hydrazone groups is 1. The largest absolute Gasteiger partial charge is 0.504 e. The zero-order chi connectivity index (χ0) is 23.0. The number of carbonyl (C=O) groups is 1. The Morgan fingerprint density at radius 3 is 2.36 bits per heavy atom. The third-order valence-electron chi connectivity index (χ3n) is 5.00. The first-order valence-electron chi connectivity index (χ1n) is 10.3. The van der Waals surface area contributed by atoms with Crippen LogP contribution >= 0.6 is 0 Å². The lowest BCUT2D eigenvalue weighted by molar-refractivity contribution is 0.0955. The molecule has 0 aliphatic heterocycles. The predicted octanol–water partition coefficient (Wildman–Crippen LogP) is 5.11. The lowest BCUT2D eigenvalue weighted by Crippen LogP contribution is -2.17. The number of nitrogens with zero attached hydrogens (tertiary/aromatic N) is 1. The first-order valence-corrected chi connectivity index (χ1v) is 10.3. The Hall–Kier alpha value is -4.58. The van der Waals surface area contributed by atoms with E-state index in [2.05, 4.69) is 10.5 Å². The van der Waals surface area contributed by atoms with Gasteiger partial charge in [-0.1, -0.05) is 66.7 Å². The van der Waals surface area contributed by atoms with E-state index in [1.807, 2.05) is 66.7 Å². The molecule has 6 heteroatoms. The molecule has 0 aromatic heterocycles. The molecule has 6 nitrogen and oxygen atoms in total. The first-order chi connectivity index (χ1) is 16.1. The Kier molecular flexibility index (Phi) is 6.66. The highest BCUT2D eigenvalue weighted by molar-refractivity contribution is 5.95. The van der Waals surface area contributed by atoms with Crippen LogP contribution in [0.3, 0.4) is 0 Å². The number of hydrogen-bond acceptors (Lipinski definition) is 5. The molecular formula is C27H22N2O4. The molecule has 33 heavy (non-hydrogen) atoms. The minimum atomic E-state index is -0.396. The third-order valence-corrected chi connectivity index (χ3v) is 5.00. The number of rotatable bonds is 7. The number of para-hydroxylation sites is 2. The highest BCUT2D eigenvalue weighted by Crippen LogP contribution is 2.30. The smallest absolute Gasteiger partial charge is 0.271 e. The van der Waals surface area contributed by atoms with Crippen molar-refractivity contribution in [1.29, 1.82) is 0 Å². The van der Waals surface area contributed by atoms with Gasteiger partial charge >= 0.3 is 0 Å². The summed E-state index contributed by atoms with van der Waals surface area (Å²) < 4.78 is 6.04. The molecule has 3 N–H and O–H groups in total. The quantitative estimate of drug-likeness (QED) is 0.212. The number of benzene rings is 4. The van der Waals surface area contributed by atoms with E-state index in [4.69, 9.17) is 4.74 Å². The van der Waals surface area contributed by atoms with Gasteiger partial charge in [-0.25, -0.2) is 5.43 Å². The van der Waals surface area contributed by atoms with Crippen LogP contribution in [0.25, 0.3) is 11.1 Å². The summed E-state index contributed by atoms with van der Waals surface area (Å²) >= 11 is 0. The van der Waals surface area contributed by atoms with Crippen LogP contribution in [0.5, 0.6) is 17.2 Å². The number of amides is 1. The summed E-state index contributed by atoms with van der Waals surface area (Å²) in [5.74, 6) is -0.161. The zero-order valence-corrected chi connectivity index (χ0v) is 17.7. The van der Waals surface area contributed by atoms with E-state index in [0.29, 0.717) is 17.7 Å². The van der Waals surface area contributed by atoms with Crippen LogP contribution in [0.15, 0.2) is 102 Å². The predicted molar refractivity (Wildman–Crippen MR) is 127 cm³/mol. The van der Waals surface area contributed by atoms with Crippen LogP contribution in [-0.2, 0) is 6.61 Å². The molecule has 0 atom stereocenters. The Morgan fingerprint density at radius 1 is 0.848 bits per heavy atom. The maximum absolute atomic E-state index is 12.3. The summed E-state index contributed by atoms with van der Waals surface area (Å²) in [6.45, 7) is 0.362. The number of aromatic hydroxyl groups is 2. The number of nitrogens with one attached hydrogen (secondary N) is 1. The SMILES string of the molecule is O=C(NN=Cc1cccc(O)c1O)c1ccc(COc2ccccc2-c2ccccc2)cc1. The van der Waals surface area contributed by atoms with Crippen molar-refractivity contribution >= 4 is 12.1 Å². The highest BCUT2D eigenvalue weighted by atomic mass is 16.5.